The maximum atomic E-state index is 5.11. The minimum atomic E-state index is 0.713. The quantitative estimate of drug-likeness (QED) is 0.139. The highest BCUT2D eigenvalue weighted by atomic mass is 32.1. The van der Waals surface area contributed by atoms with Crippen LogP contribution < -0.4 is 0 Å². The molecule has 7 aromatic carbocycles. The van der Waals surface area contributed by atoms with E-state index in [1.165, 1.54) is 34.0 Å². The van der Waals surface area contributed by atoms with Gasteiger partial charge in [0.2, 0.25) is 0 Å². The van der Waals surface area contributed by atoms with Crippen LogP contribution in [0.1, 0.15) is 0 Å². The SMILES string of the molecule is c1cc(-c2nnc(-c3cc(-c4nnc(-c5cccc(-c6cccc7ccccc67)n5)s4)cc(-c4nnc(-c5cccc(-c6cccc7ccccc67)n5)s4)c3)s2)nc(-c2cccc3ccccc23)c1. The lowest BCUT2D eigenvalue weighted by Gasteiger charge is -2.07. The van der Waals surface area contributed by atoms with Gasteiger partial charge >= 0.3 is 0 Å². The molecule has 69 heavy (non-hydrogen) atoms. The molecule has 0 N–H and O–H groups in total. The van der Waals surface area contributed by atoms with Crippen molar-refractivity contribution in [3.63, 3.8) is 0 Å². The Morgan fingerprint density at radius 3 is 0.826 bits per heavy atom. The molecule has 0 aliphatic rings. The summed E-state index contributed by atoms with van der Waals surface area (Å²) in [4.78, 5) is 15.3. The van der Waals surface area contributed by atoms with E-state index in [2.05, 4.69) is 146 Å². The molecule has 0 spiro atoms. The van der Waals surface area contributed by atoms with E-state index in [1.807, 2.05) is 54.6 Å². The van der Waals surface area contributed by atoms with E-state index in [0.717, 1.165) is 115 Å². The highest BCUT2D eigenvalue weighted by Crippen LogP contribution is 2.41. The number of rotatable bonds is 9. The first kappa shape index (κ1) is 40.7. The van der Waals surface area contributed by atoms with Gasteiger partial charge in [0.05, 0.1) is 17.1 Å². The number of hydrogen-bond acceptors (Lipinski definition) is 12. The van der Waals surface area contributed by atoms with Crippen molar-refractivity contribution >= 4 is 66.3 Å². The smallest absolute Gasteiger partial charge is 0.166 e. The van der Waals surface area contributed by atoms with Crippen LogP contribution in [0.5, 0.6) is 0 Å². The molecule has 324 valence electrons. The zero-order valence-corrected chi connectivity index (χ0v) is 38.8. The number of benzene rings is 7. The standard InChI is InChI=1S/C57H33N9S3/c1-4-19-40-34(13-1)16-7-22-43(40)46-25-10-28-49(58-46)55-64-61-52(67-55)37-31-38(53-62-65-56(68-53)50-29-11-26-47(59-50)44-23-8-17-35-14-2-5-20-41(35)44)33-39(32-37)54-63-66-57(69-54)51-30-12-27-48(60-51)45-24-9-18-36-15-3-6-21-42(36)45/h1-33H. The summed E-state index contributed by atoms with van der Waals surface area (Å²) in [5.74, 6) is 0. The van der Waals surface area contributed by atoms with Crippen LogP contribution in [-0.4, -0.2) is 45.5 Å². The van der Waals surface area contributed by atoms with Crippen molar-refractivity contribution in [2.24, 2.45) is 0 Å². The number of pyridine rings is 3. The summed E-state index contributed by atoms with van der Waals surface area (Å²) < 4.78 is 0. The van der Waals surface area contributed by atoms with Crippen LogP contribution in [0.3, 0.4) is 0 Å². The maximum absolute atomic E-state index is 5.11. The van der Waals surface area contributed by atoms with Gasteiger partial charge in [-0.3, -0.25) is 0 Å². The molecular weight excluding hydrogens is 907 g/mol. The number of nitrogens with zero attached hydrogens (tertiary/aromatic N) is 9. The molecule has 0 bridgehead atoms. The molecule has 0 fully saturated rings. The first-order chi connectivity index (χ1) is 34.1. The Bertz CT molecular complexity index is 3640. The zero-order chi connectivity index (χ0) is 45.7. The molecular formula is C57H33N9S3. The van der Waals surface area contributed by atoms with Crippen LogP contribution in [-0.2, 0) is 0 Å². The molecule has 0 atom stereocenters. The van der Waals surface area contributed by atoms with Gasteiger partial charge < -0.3 is 0 Å². The highest BCUT2D eigenvalue weighted by molar-refractivity contribution is 7.18. The lowest BCUT2D eigenvalue weighted by Crippen LogP contribution is -1.88. The van der Waals surface area contributed by atoms with Crippen molar-refractivity contribution < 1.29 is 0 Å². The van der Waals surface area contributed by atoms with Crippen molar-refractivity contribution in [1.82, 2.24) is 45.5 Å². The maximum Gasteiger partial charge on any atom is 0.166 e. The zero-order valence-electron chi connectivity index (χ0n) is 36.3. The fraction of sp³-hybridized carbons (Fsp3) is 0. The van der Waals surface area contributed by atoms with E-state index in [4.69, 9.17) is 45.5 Å². The van der Waals surface area contributed by atoms with Crippen LogP contribution in [0.15, 0.2) is 200 Å². The second-order valence-electron chi connectivity index (χ2n) is 16.3. The van der Waals surface area contributed by atoms with Gasteiger partial charge in [-0.05, 0) is 86.9 Å². The molecule has 0 amide bonds. The van der Waals surface area contributed by atoms with Gasteiger partial charge in [-0.2, -0.15) is 0 Å². The van der Waals surface area contributed by atoms with Crippen LogP contribution in [0.2, 0.25) is 0 Å². The third-order valence-electron chi connectivity index (χ3n) is 12.1. The first-order valence-corrected chi connectivity index (χ1v) is 24.6. The lowest BCUT2D eigenvalue weighted by atomic mass is 10.0. The van der Waals surface area contributed by atoms with Gasteiger partial charge in [0.15, 0.2) is 15.0 Å². The van der Waals surface area contributed by atoms with Gasteiger partial charge in [-0.15, -0.1) is 30.6 Å². The molecule has 0 saturated heterocycles. The fourth-order valence-corrected chi connectivity index (χ4v) is 11.2. The third-order valence-corrected chi connectivity index (χ3v) is 15.0. The molecule has 0 aliphatic carbocycles. The number of hydrogen-bond donors (Lipinski definition) is 0. The Labute approximate surface area is 407 Å². The van der Waals surface area contributed by atoms with Crippen LogP contribution in [0, 0.1) is 0 Å². The second kappa shape index (κ2) is 17.3. The summed E-state index contributed by atoms with van der Waals surface area (Å²) in [5.41, 5.74) is 10.6. The minimum Gasteiger partial charge on any atom is -0.245 e. The van der Waals surface area contributed by atoms with Crippen LogP contribution in [0.25, 0.3) is 130 Å². The highest BCUT2D eigenvalue weighted by Gasteiger charge is 2.20. The van der Waals surface area contributed by atoms with E-state index >= 15 is 0 Å². The number of fused-ring (bicyclic) bond motifs is 3. The van der Waals surface area contributed by atoms with Crippen molar-refractivity contribution in [3.8, 4) is 97.6 Å². The minimum absolute atomic E-state index is 0.713. The Kier molecular flexibility index (Phi) is 10.2. The lowest BCUT2D eigenvalue weighted by molar-refractivity contribution is 1.08. The Morgan fingerprint density at radius 1 is 0.232 bits per heavy atom. The summed E-state index contributed by atoms with van der Waals surface area (Å²) in [5, 5.41) is 39.6. The molecule has 13 aromatic rings. The van der Waals surface area contributed by atoms with Gasteiger partial charge in [0.25, 0.3) is 0 Å². The van der Waals surface area contributed by atoms with Gasteiger partial charge in [-0.25, -0.2) is 15.0 Å². The van der Waals surface area contributed by atoms with Gasteiger partial charge in [0, 0.05) is 33.4 Å². The summed E-state index contributed by atoms with van der Waals surface area (Å²) in [6, 6.07) is 68.5. The summed E-state index contributed by atoms with van der Waals surface area (Å²) >= 11 is 4.47. The molecule has 6 heterocycles. The van der Waals surface area contributed by atoms with Crippen LogP contribution in [0.4, 0.5) is 0 Å². The average Bonchev–Trinajstić information content (AvgIpc) is 4.24. The first-order valence-electron chi connectivity index (χ1n) is 22.2. The molecule has 12 heteroatoms. The van der Waals surface area contributed by atoms with Crippen molar-refractivity contribution in [1.29, 1.82) is 0 Å². The molecule has 0 aliphatic heterocycles. The predicted molar refractivity (Wildman–Crippen MR) is 282 cm³/mol. The Morgan fingerprint density at radius 2 is 0.493 bits per heavy atom. The number of aromatic nitrogens is 9. The van der Waals surface area contributed by atoms with Crippen molar-refractivity contribution in [2.75, 3.05) is 0 Å². The predicted octanol–water partition coefficient (Wildman–Crippen LogP) is 14.9. The summed E-state index contributed by atoms with van der Waals surface area (Å²) in [6.07, 6.45) is 0. The largest absolute Gasteiger partial charge is 0.245 e. The summed E-state index contributed by atoms with van der Waals surface area (Å²) in [7, 11) is 0. The third kappa shape index (κ3) is 7.72. The van der Waals surface area contributed by atoms with E-state index in [-0.39, 0.29) is 0 Å². The Hall–Kier alpha value is -8.55. The molecule has 6 aromatic heterocycles. The van der Waals surface area contributed by atoms with E-state index < -0.39 is 0 Å². The van der Waals surface area contributed by atoms with Crippen molar-refractivity contribution in [3.05, 3.63) is 200 Å². The molecule has 9 nitrogen and oxygen atoms in total. The molecule has 0 radical (unpaired) electrons. The monoisotopic (exact) mass is 939 g/mol. The van der Waals surface area contributed by atoms with E-state index in [9.17, 15) is 0 Å². The van der Waals surface area contributed by atoms with E-state index in [0.29, 0.717) is 15.0 Å². The average molecular weight is 940 g/mol. The second-order valence-corrected chi connectivity index (χ2v) is 19.3. The molecule has 0 saturated carbocycles. The molecule has 13 rings (SSSR count). The van der Waals surface area contributed by atoms with Gasteiger partial charge in [-0.1, -0.05) is 180 Å². The fourth-order valence-electron chi connectivity index (χ4n) is 8.79. The molecule has 0 unspecified atom stereocenters. The van der Waals surface area contributed by atoms with Crippen LogP contribution >= 0.6 is 34.0 Å². The van der Waals surface area contributed by atoms with E-state index in [1.54, 1.807) is 0 Å². The summed E-state index contributed by atoms with van der Waals surface area (Å²) in [6.45, 7) is 0. The van der Waals surface area contributed by atoms with Crippen molar-refractivity contribution in [2.45, 2.75) is 0 Å². The topological polar surface area (TPSA) is 116 Å². The van der Waals surface area contributed by atoms with Gasteiger partial charge in [0.1, 0.15) is 32.1 Å². The Balaban J connectivity index is 0.881. The normalized spacial score (nSPS) is 11.5.